The molecule has 0 aliphatic rings. The minimum atomic E-state index is -0.115. The predicted octanol–water partition coefficient (Wildman–Crippen LogP) is 2.30. The van der Waals surface area contributed by atoms with Crippen LogP contribution >= 0.6 is 11.6 Å². The highest BCUT2D eigenvalue weighted by Gasteiger charge is 2.11. The molecule has 112 valence electrons. The van der Waals surface area contributed by atoms with Crippen LogP contribution in [0.5, 0.6) is 0 Å². The van der Waals surface area contributed by atoms with Crippen molar-refractivity contribution in [2.24, 2.45) is 0 Å². The van der Waals surface area contributed by atoms with Crippen LogP contribution in [0.1, 0.15) is 26.7 Å². The largest absolute Gasteiger partial charge is 0.352 e. The lowest BCUT2D eigenvalue weighted by Crippen LogP contribution is -2.35. The lowest BCUT2D eigenvalue weighted by molar-refractivity contribution is -0.122. The van der Waals surface area contributed by atoms with Crippen LogP contribution in [0, 0.1) is 0 Å². The van der Waals surface area contributed by atoms with Gasteiger partial charge in [0.1, 0.15) is 6.54 Å². The van der Waals surface area contributed by atoms with Gasteiger partial charge in [-0.1, -0.05) is 24.9 Å². The summed E-state index contributed by atoms with van der Waals surface area (Å²) < 4.78 is 0. The van der Waals surface area contributed by atoms with Crippen molar-refractivity contribution in [2.75, 3.05) is 0 Å². The number of carbonyl (C=O) groups is 1. The molecular weight excluding hydrogens is 290 g/mol. The zero-order valence-corrected chi connectivity index (χ0v) is 12.8. The van der Waals surface area contributed by atoms with Gasteiger partial charge in [0.25, 0.3) is 0 Å². The second-order valence-corrected chi connectivity index (χ2v) is 5.34. The van der Waals surface area contributed by atoms with E-state index in [9.17, 15) is 4.79 Å². The fourth-order valence-electron chi connectivity index (χ4n) is 1.98. The number of benzene rings is 1. The average molecular weight is 308 g/mol. The second kappa shape index (κ2) is 7.17. The number of amides is 1. The number of aromatic nitrogens is 4. The van der Waals surface area contributed by atoms with Gasteiger partial charge in [0, 0.05) is 16.6 Å². The van der Waals surface area contributed by atoms with Crippen LogP contribution in [-0.4, -0.2) is 32.2 Å². The second-order valence-electron chi connectivity index (χ2n) is 4.91. The highest BCUT2D eigenvalue weighted by molar-refractivity contribution is 6.30. The molecule has 21 heavy (non-hydrogen) atoms. The highest BCUT2D eigenvalue weighted by atomic mass is 35.5. The minimum Gasteiger partial charge on any atom is -0.352 e. The molecule has 0 bridgehead atoms. The summed E-state index contributed by atoms with van der Waals surface area (Å²) in [5, 5.41) is 15.6. The predicted molar refractivity (Wildman–Crippen MR) is 80.8 cm³/mol. The summed E-state index contributed by atoms with van der Waals surface area (Å²) in [5.41, 5.74) is 0.811. The van der Waals surface area contributed by atoms with Crippen molar-refractivity contribution in [1.29, 1.82) is 0 Å². The topological polar surface area (TPSA) is 72.7 Å². The number of nitrogens with one attached hydrogen (secondary N) is 1. The van der Waals surface area contributed by atoms with Crippen molar-refractivity contribution >= 4 is 17.5 Å². The van der Waals surface area contributed by atoms with Crippen LogP contribution in [0.4, 0.5) is 0 Å². The first-order valence-electron chi connectivity index (χ1n) is 6.91. The molecule has 1 amide bonds. The summed E-state index contributed by atoms with van der Waals surface area (Å²) >= 11 is 5.83. The zero-order valence-electron chi connectivity index (χ0n) is 12.1. The summed E-state index contributed by atoms with van der Waals surface area (Å²) in [5.74, 6) is 0.358. The molecule has 2 rings (SSSR count). The van der Waals surface area contributed by atoms with Crippen LogP contribution in [0.15, 0.2) is 24.3 Å². The van der Waals surface area contributed by atoms with Crippen molar-refractivity contribution < 1.29 is 4.79 Å². The van der Waals surface area contributed by atoms with E-state index in [0.29, 0.717) is 10.8 Å². The van der Waals surface area contributed by atoms with E-state index in [1.807, 2.05) is 19.1 Å². The lowest BCUT2D eigenvalue weighted by Gasteiger charge is -2.11. The van der Waals surface area contributed by atoms with E-state index in [1.54, 1.807) is 12.1 Å². The highest BCUT2D eigenvalue weighted by Crippen LogP contribution is 2.16. The Hall–Kier alpha value is -1.95. The van der Waals surface area contributed by atoms with Crippen molar-refractivity contribution in [3.8, 4) is 11.4 Å². The molecule has 1 N–H and O–H groups in total. The smallest absolute Gasteiger partial charge is 0.243 e. The Bertz CT molecular complexity index is 596. The van der Waals surface area contributed by atoms with Crippen LogP contribution in [0.25, 0.3) is 11.4 Å². The summed E-state index contributed by atoms with van der Waals surface area (Å²) in [6, 6.07) is 7.30. The van der Waals surface area contributed by atoms with Gasteiger partial charge >= 0.3 is 0 Å². The summed E-state index contributed by atoms with van der Waals surface area (Å²) in [4.78, 5) is 13.1. The Morgan fingerprint density at radius 2 is 2.10 bits per heavy atom. The molecule has 0 aliphatic carbocycles. The molecule has 0 radical (unpaired) electrons. The molecule has 1 aromatic heterocycles. The summed E-state index contributed by atoms with van der Waals surface area (Å²) in [7, 11) is 0. The number of carbonyl (C=O) groups excluding carboxylic acids is 1. The van der Waals surface area contributed by atoms with Gasteiger partial charge in [-0.3, -0.25) is 4.79 Å². The van der Waals surface area contributed by atoms with E-state index >= 15 is 0 Å². The van der Waals surface area contributed by atoms with Crippen LogP contribution in [-0.2, 0) is 11.3 Å². The van der Waals surface area contributed by atoms with E-state index in [0.717, 1.165) is 18.4 Å². The molecule has 1 atom stereocenters. The van der Waals surface area contributed by atoms with E-state index in [2.05, 4.69) is 27.7 Å². The maximum absolute atomic E-state index is 11.8. The molecule has 0 saturated carbocycles. The molecule has 0 unspecified atom stereocenters. The van der Waals surface area contributed by atoms with E-state index in [4.69, 9.17) is 11.6 Å². The molecule has 2 aromatic rings. The maximum atomic E-state index is 11.8. The molecule has 0 spiro atoms. The SMILES string of the molecule is CCC[C@H](C)NC(=O)Cn1nnc(-c2ccc(Cl)cc2)n1. The number of tetrazole rings is 1. The third-order valence-electron chi connectivity index (χ3n) is 2.97. The Kier molecular flexibility index (Phi) is 5.27. The van der Waals surface area contributed by atoms with Gasteiger partial charge in [-0.15, -0.1) is 10.2 Å². The molecule has 1 heterocycles. The van der Waals surface area contributed by atoms with Crippen LogP contribution in [0.2, 0.25) is 5.02 Å². The number of halogens is 1. The van der Waals surface area contributed by atoms with Crippen molar-refractivity contribution in [3.63, 3.8) is 0 Å². The van der Waals surface area contributed by atoms with Gasteiger partial charge < -0.3 is 5.32 Å². The van der Waals surface area contributed by atoms with Crippen molar-refractivity contribution in [3.05, 3.63) is 29.3 Å². The Morgan fingerprint density at radius 3 is 2.76 bits per heavy atom. The van der Waals surface area contributed by atoms with E-state index in [1.165, 1.54) is 4.80 Å². The normalized spacial score (nSPS) is 12.1. The van der Waals surface area contributed by atoms with Crippen LogP contribution < -0.4 is 5.32 Å². The first-order chi connectivity index (χ1) is 10.1. The van der Waals surface area contributed by atoms with Gasteiger partial charge in [-0.25, -0.2) is 0 Å². The standard InChI is InChI=1S/C14H18ClN5O/c1-3-4-10(2)16-13(21)9-20-18-14(17-19-20)11-5-7-12(15)8-6-11/h5-8,10H,3-4,9H2,1-2H3,(H,16,21)/t10-/m0/s1. The maximum Gasteiger partial charge on any atom is 0.243 e. The number of hydrogen-bond acceptors (Lipinski definition) is 4. The Balaban J connectivity index is 1.97. The molecule has 7 heteroatoms. The number of nitrogens with zero attached hydrogens (tertiary/aromatic N) is 4. The molecule has 6 nitrogen and oxygen atoms in total. The van der Waals surface area contributed by atoms with Gasteiger partial charge in [0.05, 0.1) is 0 Å². The third kappa shape index (κ3) is 4.53. The summed E-state index contributed by atoms with van der Waals surface area (Å²) in [6.07, 6.45) is 1.98. The monoisotopic (exact) mass is 307 g/mol. The van der Waals surface area contributed by atoms with Crippen molar-refractivity contribution in [1.82, 2.24) is 25.5 Å². The van der Waals surface area contributed by atoms with Crippen molar-refractivity contribution in [2.45, 2.75) is 39.3 Å². The zero-order chi connectivity index (χ0) is 15.2. The molecule has 1 aromatic carbocycles. The van der Waals surface area contributed by atoms with Gasteiger partial charge in [-0.05, 0) is 42.8 Å². The average Bonchev–Trinajstić information content (AvgIpc) is 2.88. The summed E-state index contributed by atoms with van der Waals surface area (Å²) in [6.45, 7) is 4.13. The number of rotatable bonds is 6. The van der Waals surface area contributed by atoms with E-state index < -0.39 is 0 Å². The number of hydrogen-bond donors (Lipinski definition) is 1. The fraction of sp³-hybridized carbons (Fsp3) is 0.429. The van der Waals surface area contributed by atoms with Gasteiger partial charge in [0.15, 0.2) is 0 Å². The molecule has 0 fully saturated rings. The minimum absolute atomic E-state index is 0.0641. The van der Waals surface area contributed by atoms with Gasteiger partial charge in [-0.2, -0.15) is 4.80 Å². The first-order valence-corrected chi connectivity index (χ1v) is 7.29. The molecular formula is C14H18ClN5O. The Labute approximate surface area is 128 Å². The van der Waals surface area contributed by atoms with E-state index in [-0.39, 0.29) is 18.5 Å². The lowest BCUT2D eigenvalue weighted by atomic mass is 10.2. The fourth-order valence-corrected chi connectivity index (χ4v) is 2.10. The first kappa shape index (κ1) is 15.4. The quantitative estimate of drug-likeness (QED) is 0.888. The van der Waals surface area contributed by atoms with Crippen LogP contribution in [0.3, 0.4) is 0 Å². The Morgan fingerprint density at radius 1 is 1.38 bits per heavy atom. The van der Waals surface area contributed by atoms with Gasteiger partial charge in [0.2, 0.25) is 11.7 Å². The third-order valence-corrected chi connectivity index (χ3v) is 3.22. The molecule has 0 aliphatic heterocycles. The molecule has 0 saturated heterocycles.